The number of pyridine rings is 1. The number of hydrogen-bond acceptors (Lipinski definition) is 7. The van der Waals surface area contributed by atoms with Gasteiger partial charge in [-0.1, -0.05) is 0 Å². The molecule has 1 aliphatic rings. The van der Waals surface area contributed by atoms with E-state index in [-0.39, 0.29) is 23.4 Å². The number of halogens is 2. The Bertz CT molecular complexity index is 1120. The third-order valence-electron chi connectivity index (χ3n) is 4.93. The van der Waals surface area contributed by atoms with Gasteiger partial charge in [0.15, 0.2) is 17.4 Å². The number of benzene rings is 1. The van der Waals surface area contributed by atoms with Gasteiger partial charge in [-0.15, -0.1) is 0 Å². The molecule has 0 saturated carbocycles. The minimum atomic E-state index is -0.664. The first-order valence-electron chi connectivity index (χ1n) is 9.93. The molecule has 1 aromatic carbocycles. The third kappa shape index (κ3) is 4.21. The summed E-state index contributed by atoms with van der Waals surface area (Å²) >= 11 is 0. The zero-order valence-electron chi connectivity index (χ0n) is 17.8. The number of nitrogens with zero attached hydrogens (tertiary/aromatic N) is 4. The van der Waals surface area contributed by atoms with E-state index in [1.54, 1.807) is 18.2 Å². The van der Waals surface area contributed by atoms with Crippen LogP contribution in [-0.2, 0) is 0 Å². The van der Waals surface area contributed by atoms with Gasteiger partial charge in [0, 0.05) is 11.6 Å². The monoisotopic (exact) mass is 426 g/mol. The van der Waals surface area contributed by atoms with E-state index in [9.17, 15) is 4.39 Å². The zero-order valence-corrected chi connectivity index (χ0v) is 17.8. The number of hydrogen-bond donors (Lipinski definition) is 2. The molecule has 162 valence electrons. The summed E-state index contributed by atoms with van der Waals surface area (Å²) in [6.07, 6.45) is 2.52. The number of nitrogens with one attached hydrogen (secondary N) is 1. The molecule has 4 rings (SSSR count). The summed E-state index contributed by atoms with van der Waals surface area (Å²) in [5.41, 5.74) is 6.43. The highest BCUT2D eigenvalue weighted by Crippen LogP contribution is 2.42. The van der Waals surface area contributed by atoms with Gasteiger partial charge in [-0.3, -0.25) is 0 Å². The summed E-state index contributed by atoms with van der Waals surface area (Å²) in [6.45, 7) is 8.42. The van der Waals surface area contributed by atoms with Crippen molar-refractivity contribution in [2.24, 2.45) is 0 Å². The molecule has 0 fully saturated rings. The molecule has 0 amide bonds. The van der Waals surface area contributed by atoms with Gasteiger partial charge in [-0.25, -0.2) is 23.7 Å². The van der Waals surface area contributed by atoms with Crippen molar-refractivity contribution in [2.45, 2.75) is 39.3 Å². The molecule has 0 unspecified atom stereocenters. The van der Waals surface area contributed by atoms with Crippen LogP contribution in [0.1, 0.15) is 27.7 Å². The second-order valence-electron chi connectivity index (χ2n) is 8.38. The van der Waals surface area contributed by atoms with Gasteiger partial charge in [0.25, 0.3) is 0 Å². The van der Waals surface area contributed by atoms with E-state index in [1.165, 1.54) is 12.3 Å². The summed E-state index contributed by atoms with van der Waals surface area (Å²) < 4.78 is 35.6. The molecular formula is C22H24F2N6O. The minimum Gasteiger partial charge on any atom is -0.481 e. The van der Waals surface area contributed by atoms with E-state index >= 15 is 4.39 Å². The first-order valence-corrected chi connectivity index (χ1v) is 9.93. The average Bonchev–Trinajstić information content (AvgIpc) is 2.70. The van der Waals surface area contributed by atoms with Crippen molar-refractivity contribution in [3.63, 3.8) is 0 Å². The normalized spacial score (nSPS) is 14.9. The van der Waals surface area contributed by atoms with Crippen molar-refractivity contribution in [3.8, 4) is 17.0 Å². The largest absolute Gasteiger partial charge is 0.481 e. The number of fused-ring (bicyclic) bond motifs is 1. The number of rotatable bonds is 4. The fourth-order valence-electron chi connectivity index (χ4n) is 3.52. The molecule has 3 aromatic rings. The van der Waals surface area contributed by atoms with E-state index in [2.05, 4.69) is 20.3 Å². The van der Waals surface area contributed by atoms with Gasteiger partial charge >= 0.3 is 0 Å². The molecule has 0 bridgehead atoms. The number of anilines is 4. The SMILES string of the molecule is CC(C)N1CC(C)(C)Oc2c(F)cc(-c3nc(Nc4ccc(N)cn4)ncc3F)cc21. The van der Waals surface area contributed by atoms with Crippen LogP contribution in [0.15, 0.2) is 36.7 Å². The second-order valence-corrected chi connectivity index (χ2v) is 8.38. The molecule has 9 heteroatoms. The van der Waals surface area contributed by atoms with Crippen LogP contribution in [-0.4, -0.2) is 33.1 Å². The van der Waals surface area contributed by atoms with Gasteiger partial charge in [-0.05, 0) is 52.0 Å². The van der Waals surface area contributed by atoms with Crippen LogP contribution in [0, 0.1) is 11.6 Å². The number of ether oxygens (including phenoxy) is 1. The quantitative estimate of drug-likeness (QED) is 0.634. The fraction of sp³-hybridized carbons (Fsp3) is 0.318. The summed E-state index contributed by atoms with van der Waals surface area (Å²) in [4.78, 5) is 14.4. The third-order valence-corrected chi connectivity index (χ3v) is 4.93. The molecule has 0 aliphatic carbocycles. The van der Waals surface area contributed by atoms with Crippen molar-refractivity contribution < 1.29 is 13.5 Å². The Morgan fingerprint density at radius 1 is 1.13 bits per heavy atom. The Labute approximate surface area is 179 Å². The number of aromatic nitrogens is 3. The zero-order chi connectivity index (χ0) is 22.3. The van der Waals surface area contributed by atoms with Crippen LogP contribution in [0.3, 0.4) is 0 Å². The maximum atomic E-state index is 15.1. The second kappa shape index (κ2) is 7.64. The number of nitrogens with two attached hydrogens (primary N) is 1. The maximum absolute atomic E-state index is 15.1. The van der Waals surface area contributed by atoms with Crippen LogP contribution in [0.2, 0.25) is 0 Å². The Hall–Kier alpha value is -3.49. The van der Waals surface area contributed by atoms with Gasteiger partial charge in [0.2, 0.25) is 5.95 Å². The molecular weight excluding hydrogens is 402 g/mol. The first kappa shape index (κ1) is 20.8. The summed E-state index contributed by atoms with van der Waals surface area (Å²) in [5, 5.41) is 2.90. The maximum Gasteiger partial charge on any atom is 0.229 e. The van der Waals surface area contributed by atoms with Gasteiger partial charge in [0.1, 0.15) is 17.1 Å². The Balaban J connectivity index is 1.75. The van der Waals surface area contributed by atoms with Crippen LogP contribution in [0.4, 0.5) is 31.9 Å². The van der Waals surface area contributed by atoms with Crippen molar-refractivity contribution in [2.75, 3.05) is 22.5 Å². The van der Waals surface area contributed by atoms with Crippen LogP contribution in [0.5, 0.6) is 5.75 Å². The first-order chi connectivity index (χ1) is 14.6. The van der Waals surface area contributed by atoms with E-state index < -0.39 is 17.2 Å². The average molecular weight is 426 g/mol. The standard InChI is InChI=1S/C22H24F2N6O/c1-12(2)30-11-22(3,4)31-20-15(23)7-13(8-17(20)30)19-16(24)10-27-21(29-19)28-18-6-5-14(25)9-26-18/h5-10,12H,11,25H2,1-4H3,(H,26,27,28,29). The van der Waals surface area contributed by atoms with Gasteiger partial charge < -0.3 is 20.7 Å². The summed E-state index contributed by atoms with van der Waals surface area (Å²) in [7, 11) is 0. The highest BCUT2D eigenvalue weighted by molar-refractivity contribution is 5.73. The van der Waals surface area contributed by atoms with Crippen LogP contribution in [0.25, 0.3) is 11.3 Å². The number of nitrogen functional groups attached to an aromatic ring is 1. The van der Waals surface area contributed by atoms with E-state index in [1.807, 2.05) is 32.6 Å². The van der Waals surface area contributed by atoms with Crippen LogP contribution >= 0.6 is 0 Å². The van der Waals surface area contributed by atoms with Crippen LogP contribution < -0.4 is 20.7 Å². The predicted molar refractivity (Wildman–Crippen MR) is 117 cm³/mol. The predicted octanol–water partition coefficient (Wildman–Crippen LogP) is 4.53. The highest BCUT2D eigenvalue weighted by atomic mass is 19.1. The van der Waals surface area contributed by atoms with E-state index in [0.29, 0.717) is 29.3 Å². The molecule has 0 spiro atoms. The van der Waals surface area contributed by atoms with Crippen molar-refractivity contribution in [3.05, 3.63) is 48.3 Å². The molecule has 3 heterocycles. The molecule has 1 aliphatic heterocycles. The topological polar surface area (TPSA) is 89.2 Å². The molecule has 3 N–H and O–H groups in total. The fourth-order valence-corrected chi connectivity index (χ4v) is 3.52. The van der Waals surface area contributed by atoms with Gasteiger partial charge in [0.05, 0.1) is 30.3 Å². The minimum absolute atomic E-state index is 0.0248. The molecule has 31 heavy (non-hydrogen) atoms. The lowest BCUT2D eigenvalue weighted by atomic mass is 10.0. The molecule has 2 aromatic heterocycles. The van der Waals surface area contributed by atoms with E-state index in [0.717, 1.165) is 6.20 Å². The van der Waals surface area contributed by atoms with Crippen molar-refractivity contribution >= 4 is 23.1 Å². The lowest BCUT2D eigenvalue weighted by molar-refractivity contribution is 0.0967. The summed E-state index contributed by atoms with van der Waals surface area (Å²) in [5.74, 6) is -0.496. The molecule has 0 saturated heterocycles. The molecule has 7 nitrogen and oxygen atoms in total. The van der Waals surface area contributed by atoms with E-state index in [4.69, 9.17) is 10.5 Å². The molecule has 0 atom stereocenters. The smallest absolute Gasteiger partial charge is 0.229 e. The van der Waals surface area contributed by atoms with Gasteiger partial charge in [-0.2, -0.15) is 0 Å². The Kier molecular flexibility index (Phi) is 5.12. The lowest BCUT2D eigenvalue weighted by Gasteiger charge is -2.43. The highest BCUT2D eigenvalue weighted by Gasteiger charge is 2.35. The van der Waals surface area contributed by atoms with Crippen molar-refractivity contribution in [1.29, 1.82) is 0 Å². The lowest BCUT2D eigenvalue weighted by Crippen LogP contribution is -2.49. The Morgan fingerprint density at radius 2 is 1.90 bits per heavy atom. The van der Waals surface area contributed by atoms with Crippen molar-refractivity contribution in [1.82, 2.24) is 15.0 Å². The molecule has 0 radical (unpaired) electrons. The Morgan fingerprint density at radius 3 is 2.58 bits per heavy atom. The summed E-state index contributed by atoms with van der Waals surface area (Å²) in [6, 6.07) is 6.35.